The van der Waals surface area contributed by atoms with Crippen molar-refractivity contribution in [2.75, 3.05) is 6.54 Å². The maximum Gasteiger partial charge on any atom is 0.326 e. The standard InChI is InChI=1S/C10H14N2O6/c13-5-12-6(10(16)17)2-1-3-11-9(15)7-4-8(14)18-7/h5-7H,1-4H2,(H,11,15)(H,12,13)(H,16,17). The van der Waals surface area contributed by atoms with Crippen LogP contribution in [0.15, 0.2) is 0 Å². The molecule has 0 bridgehead atoms. The molecule has 2 unspecified atom stereocenters. The summed E-state index contributed by atoms with van der Waals surface area (Å²) in [5, 5.41) is 13.4. The second-order valence-corrected chi connectivity index (χ2v) is 3.79. The second kappa shape index (κ2) is 6.58. The van der Waals surface area contributed by atoms with Crippen LogP contribution in [0.1, 0.15) is 19.3 Å². The molecule has 0 saturated carbocycles. The number of hydrogen-bond donors (Lipinski definition) is 3. The fourth-order valence-corrected chi connectivity index (χ4v) is 1.44. The van der Waals surface area contributed by atoms with Crippen molar-refractivity contribution in [3.8, 4) is 0 Å². The summed E-state index contributed by atoms with van der Waals surface area (Å²) in [5.41, 5.74) is 0. The highest BCUT2D eigenvalue weighted by molar-refractivity contribution is 5.92. The number of carbonyl (C=O) groups is 4. The van der Waals surface area contributed by atoms with E-state index in [4.69, 9.17) is 5.11 Å². The molecular weight excluding hydrogens is 244 g/mol. The van der Waals surface area contributed by atoms with Crippen LogP contribution in [-0.2, 0) is 23.9 Å². The van der Waals surface area contributed by atoms with Crippen molar-refractivity contribution in [3.63, 3.8) is 0 Å². The molecular formula is C10H14N2O6. The minimum absolute atomic E-state index is 0.0796. The lowest BCUT2D eigenvalue weighted by molar-refractivity contribution is -0.175. The highest BCUT2D eigenvalue weighted by Crippen LogP contribution is 2.12. The number of amides is 2. The molecule has 0 spiro atoms. The highest BCUT2D eigenvalue weighted by atomic mass is 16.6. The summed E-state index contributed by atoms with van der Waals surface area (Å²) >= 11 is 0. The molecule has 0 aromatic rings. The Morgan fingerprint density at radius 3 is 2.72 bits per heavy atom. The van der Waals surface area contributed by atoms with Crippen molar-refractivity contribution in [1.29, 1.82) is 0 Å². The molecule has 8 nitrogen and oxygen atoms in total. The van der Waals surface area contributed by atoms with Crippen LogP contribution in [0.4, 0.5) is 0 Å². The Labute approximate surface area is 103 Å². The van der Waals surface area contributed by atoms with Crippen molar-refractivity contribution in [2.24, 2.45) is 0 Å². The van der Waals surface area contributed by atoms with Crippen LogP contribution >= 0.6 is 0 Å². The van der Waals surface area contributed by atoms with Crippen LogP contribution in [0.25, 0.3) is 0 Å². The SMILES string of the molecule is O=CNC(CCCNC(=O)C1CC(=O)O1)C(=O)O. The summed E-state index contributed by atoms with van der Waals surface area (Å²) in [6.45, 7) is 0.261. The van der Waals surface area contributed by atoms with E-state index in [0.29, 0.717) is 12.8 Å². The van der Waals surface area contributed by atoms with Gasteiger partial charge >= 0.3 is 11.9 Å². The average Bonchev–Trinajstić information content (AvgIpc) is 2.28. The zero-order chi connectivity index (χ0) is 13.5. The van der Waals surface area contributed by atoms with E-state index in [1.807, 2.05) is 0 Å². The molecule has 1 heterocycles. The van der Waals surface area contributed by atoms with Crippen LogP contribution in [0.5, 0.6) is 0 Å². The summed E-state index contributed by atoms with van der Waals surface area (Å²) in [4.78, 5) is 42.6. The van der Waals surface area contributed by atoms with E-state index in [1.54, 1.807) is 0 Å². The van der Waals surface area contributed by atoms with E-state index >= 15 is 0 Å². The van der Waals surface area contributed by atoms with Crippen molar-refractivity contribution < 1.29 is 29.0 Å². The summed E-state index contributed by atoms with van der Waals surface area (Å²) in [5.74, 6) is -1.91. The molecule has 0 aromatic heterocycles. The van der Waals surface area contributed by atoms with Gasteiger partial charge in [0.15, 0.2) is 6.10 Å². The third-order valence-corrected chi connectivity index (χ3v) is 2.45. The largest absolute Gasteiger partial charge is 0.480 e. The van der Waals surface area contributed by atoms with Gasteiger partial charge in [0.05, 0.1) is 6.42 Å². The third kappa shape index (κ3) is 4.04. The summed E-state index contributed by atoms with van der Waals surface area (Å²) < 4.78 is 4.55. The van der Waals surface area contributed by atoms with Crippen molar-refractivity contribution in [1.82, 2.24) is 10.6 Å². The monoisotopic (exact) mass is 258 g/mol. The fourth-order valence-electron chi connectivity index (χ4n) is 1.44. The van der Waals surface area contributed by atoms with Gasteiger partial charge in [-0.05, 0) is 12.8 Å². The Balaban J connectivity index is 2.13. The zero-order valence-corrected chi connectivity index (χ0v) is 9.55. The van der Waals surface area contributed by atoms with Crippen LogP contribution < -0.4 is 10.6 Å². The highest BCUT2D eigenvalue weighted by Gasteiger charge is 2.34. The number of rotatable bonds is 8. The maximum absolute atomic E-state index is 11.3. The molecule has 3 N–H and O–H groups in total. The number of cyclic esters (lactones) is 1. The lowest BCUT2D eigenvalue weighted by Gasteiger charge is -2.24. The van der Waals surface area contributed by atoms with Gasteiger partial charge in [0.1, 0.15) is 6.04 Å². The lowest BCUT2D eigenvalue weighted by atomic mass is 10.1. The van der Waals surface area contributed by atoms with E-state index in [0.717, 1.165) is 0 Å². The number of nitrogens with one attached hydrogen (secondary N) is 2. The van der Waals surface area contributed by atoms with Gasteiger partial charge in [0.25, 0.3) is 5.91 Å². The molecule has 1 rings (SSSR count). The lowest BCUT2D eigenvalue weighted by Crippen LogP contribution is -2.46. The van der Waals surface area contributed by atoms with Gasteiger partial charge in [-0.25, -0.2) is 4.79 Å². The molecule has 0 aliphatic carbocycles. The van der Waals surface area contributed by atoms with Gasteiger partial charge in [-0.15, -0.1) is 0 Å². The van der Waals surface area contributed by atoms with E-state index in [9.17, 15) is 19.2 Å². The number of aliphatic carboxylic acids is 1. The summed E-state index contributed by atoms with van der Waals surface area (Å²) in [6, 6.07) is -0.957. The molecule has 18 heavy (non-hydrogen) atoms. The minimum atomic E-state index is -1.12. The number of carboxylic acids is 1. The number of ether oxygens (including phenoxy) is 1. The number of esters is 1. The van der Waals surface area contributed by atoms with Crippen molar-refractivity contribution >= 4 is 24.3 Å². The fraction of sp³-hybridized carbons (Fsp3) is 0.600. The van der Waals surface area contributed by atoms with Gasteiger partial charge in [0, 0.05) is 6.54 Å². The number of carboxylic acid groups (broad SMARTS) is 1. The predicted molar refractivity (Wildman–Crippen MR) is 57.4 cm³/mol. The Bertz CT molecular complexity index is 348. The maximum atomic E-state index is 11.3. The number of carbonyl (C=O) groups excluding carboxylic acids is 3. The first-order chi connectivity index (χ1) is 8.54. The Morgan fingerprint density at radius 1 is 1.56 bits per heavy atom. The van der Waals surface area contributed by atoms with E-state index < -0.39 is 24.1 Å². The van der Waals surface area contributed by atoms with Crippen LogP contribution in [-0.4, -0.2) is 48.1 Å². The summed E-state index contributed by atoms with van der Waals surface area (Å²) in [6.07, 6.45) is 0.283. The van der Waals surface area contributed by atoms with E-state index in [-0.39, 0.29) is 25.3 Å². The van der Waals surface area contributed by atoms with Gasteiger partial charge in [0.2, 0.25) is 6.41 Å². The molecule has 2 amide bonds. The van der Waals surface area contributed by atoms with E-state index in [1.165, 1.54) is 0 Å². The van der Waals surface area contributed by atoms with E-state index in [2.05, 4.69) is 15.4 Å². The molecule has 0 radical (unpaired) electrons. The topological polar surface area (TPSA) is 122 Å². The minimum Gasteiger partial charge on any atom is -0.480 e. The van der Waals surface area contributed by atoms with Crippen LogP contribution in [0.2, 0.25) is 0 Å². The van der Waals surface area contributed by atoms with Gasteiger partial charge in [-0.3, -0.25) is 14.4 Å². The van der Waals surface area contributed by atoms with Gasteiger partial charge < -0.3 is 20.5 Å². The molecule has 1 aliphatic rings. The van der Waals surface area contributed by atoms with Gasteiger partial charge in [-0.2, -0.15) is 0 Å². The molecule has 1 fully saturated rings. The molecule has 100 valence electrons. The Kier molecular flexibility index (Phi) is 5.09. The van der Waals surface area contributed by atoms with Crippen molar-refractivity contribution in [3.05, 3.63) is 0 Å². The van der Waals surface area contributed by atoms with Crippen LogP contribution in [0.3, 0.4) is 0 Å². The molecule has 8 heteroatoms. The molecule has 0 aromatic carbocycles. The summed E-state index contributed by atoms with van der Waals surface area (Å²) in [7, 11) is 0. The van der Waals surface area contributed by atoms with Gasteiger partial charge in [-0.1, -0.05) is 0 Å². The number of hydrogen-bond acceptors (Lipinski definition) is 5. The molecule has 1 aliphatic heterocycles. The van der Waals surface area contributed by atoms with Crippen molar-refractivity contribution in [2.45, 2.75) is 31.4 Å². The van der Waals surface area contributed by atoms with Crippen LogP contribution in [0, 0.1) is 0 Å². The Morgan fingerprint density at radius 2 is 2.22 bits per heavy atom. The molecule has 1 saturated heterocycles. The third-order valence-electron chi connectivity index (χ3n) is 2.45. The Hall–Kier alpha value is -2.12. The first-order valence-corrected chi connectivity index (χ1v) is 5.44. The normalized spacial score (nSPS) is 19.1. The first kappa shape index (κ1) is 13.9. The predicted octanol–water partition coefficient (Wildman–Crippen LogP) is -1.60. The first-order valence-electron chi connectivity index (χ1n) is 5.44. The molecule has 2 atom stereocenters. The zero-order valence-electron chi connectivity index (χ0n) is 9.55. The second-order valence-electron chi connectivity index (χ2n) is 3.79. The quantitative estimate of drug-likeness (QED) is 0.274. The average molecular weight is 258 g/mol. The smallest absolute Gasteiger partial charge is 0.326 e.